The summed E-state index contributed by atoms with van der Waals surface area (Å²) in [6.45, 7) is 2.20. The van der Waals surface area contributed by atoms with Crippen molar-refractivity contribution in [2.24, 2.45) is 9.98 Å². The topological polar surface area (TPSA) is 51.0 Å². The van der Waals surface area contributed by atoms with E-state index in [4.69, 9.17) is 18.8 Å². The quantitative estimate of drug-likeness (QED) is 0.181. The first-order valence-corrected chi connectivity index (χ1v) is 18.1. The average Bonchev–Trinajstić information content (AvgIpc) is 3.79. The number of hydrogen-bond donors (Lipinski definition) is 0. The molecule has 0 bridgehead atoms. The summed E-state index contributed by atoms with van der Waals surface area (Å²) in [6, 6.07) is 56.8. The maximum absolute atomic E-state index is 6.80. The molecule has 252 valence electrons. The fraction of sp³-hybridized carbons (Fsp3) is 0.0612. The summed E-state index contributed by atoms with van der Waals surface area (Å²) < 4.78 is 13.3. The first-order chi connectivity index (χ1) is 26.2. The monoisotopic (exact) mass is 682 g/mol. The van der Waals surface area contributed by atoms with Crippen LogP contribution in [0.25, 0.3) is 71.8 Å². The highest BCUT2D eigenvalue weighted by atomic mass is 16.3. The van der Waals surface area contributed by atoms with E-state index in [-0.39, 0.29) is 0 Å². The highest BCUT2D eigenvalue weighted by Crippen LogP contribution is 2.42. The van der Waals surface area contributed by atoms with E-state index >= 15 is 0 Å². The molecular formula is C49H34N2O2. The number of allylic oxidation sites excluding steroid dienone is 1. The molecule has 1 aliphatic heterocycles. The maximum atomic E-state index is 6.80. The van der Waals surface area contributed by atoms with Gasteiger partial charge >= 0.3 is 0 Å². The third-order valence-corrected chi connectivity index (χ3v) is 10.4. The third kappa shape index (κ3) is 5.39. The van der Waals surface area contributed by atoms with Crippen LogP contribution < -0.4 is 0 Å². The molecule has 0 amide bonds. The average molecular weight is 683 g/mol. The summed E-state index contributed by atoms with van der Waals surface area (Å²) in [5.41, 5.74) is 14.0. The van der Waals surface area contributed by atoms with Gasteiger partial charge in [-0.3, -0.25) is 0 Å². The number of aliphatic imine (C=N–C) groups is 2. The second-order valence-corrected chi connectivity index (χ2v) is 13.7. The smallest absolute Gasteiger partial charge is 0.160 e. The van der Waals surface area contributed by atoms with Gasteiger partial charge in [0.25, 0.3) is 0 Å². The van der Waals surface area contributed by atoms with E-state index in [1.54, 1.807) is 0 Å². The Morgan fingerprint density at radius 3 is 1.81 bits per heavy atom. The van der Waals surface area contributed by atoms with Crippen LogP contribution in [0.5, 0.6) is 0 Å². The standard InChI is InChI=1S/C49H34N2O2/c1-31-28-29-42(35-19-10-18-34(30-35)32-14-4-2-5-15-32)50-49(51-46(31)33-16-6-3-7-17-33)41-25-13-27-44-45(41)40-24-12-23-39(48(40)53-44)38-22-11-21-37-36-20-8-9-26-43(36)52-47(37)38/h2-27,30H,28-29H2,1H3/b46-31+,50-42+,51-49-. The van der Waals surface area contributed by atoms with Crippen molar-refractivity contribution in [1.29, 1.82) is 0 Å². The lowest BCUT2D eigenvalue weighted by atomic mass is 9.95. The van der Waals surface area contributed by atoms with Crippen LogP contribution in [-0.2, 0) is 0 Å². The van der Waals surface area contributed by atoms with Gasteiger partial charge in [0, 0.05) is 43.8 Å². The Hall–Kier alpha value is -6.78. The predicted octanol–water partition coefficient (Wildman–Crippen LogP) is 13.3. The second-order valence-electron chi connectivity index (χ2n) is 13.7. The van der Waals surface area contributed by atoms with Crippen molar-refractivity contribution in [3.63, 3.8) is 0 Å². The van der Waals surface area contributed by atoms with Gasteiger partial charge in [-0.1, -0.05) is 146 Å². The van der Waals surface area contributed by atoms with Gasteiger partial charge in [0.1, 0.15) is 22.3 Å². The van der Waals surface area contributed by atoms with Gasteiger partial charge in [-0.15, -0.1) is 0 Å². The normalized spacial score (nSPS) is 17.1. The molecule has 0 fully saturated rings. The van der Waals surface area contributed by atoms with Crippen LogP contribution in [-0.4, -0.2) is 11.5 Å². The molecule has 7 aromatic carbocycles. The van der Waals surface area contributed by atoms with Gasteiger partial charge in [0.05, 0.1) is 11.4 Å². The van der Waals surface area contributed by atoms with Gasteiger partial charge in [-0.2, -0.15) is 0 Å². The molecule has 1 aliphatic rings. The Balaban J connectivity index is 1.19. The minimum Gasteiger partial charge on any atom is -0.455 e. The van der Waals surface area contributed by atoms with Crippen molar-refractivity contribution in [3.8, 4) is 22.3 Å². The molecule has 10 rings (SSSR count). The van der Waals surface area contributed by atoms with Crippen LogP contribution in [0.1, 0.15) is 36.5 Å². The second kappa shape index (κ2) is 12.8. The summed E-state index contributed by atoms with van der Waals surface area (Å²) in [7, 11) is 0. The highest BCUT2D eigenvalue weighted by Gasteiger charge is 2.22. The van der Waals surface area contributed by atoms with Crippen LogP contribution in [0.15, 0.2) is 188 Å². The zero-order valence-corrected chi connectivity index (χ0v) is 29.2. The summed E-state index contributed by atoms with van der Waals surface area (Å²) in [5, 5.41) is 4.19. The van der Waals surface area contributed by atoms with Crippen molar-refractivity contribution in [3.05, 3.63) is 186 Å². The summed E-state index contributed by atoms with van der Waals surface area (Å²) in [4.78, 5) is 10.9. The Bertz CT molecular complexity index is 2940. The van der Waals surface area contributed by atoms with E-state index in [0.717, 1.165) is 95.9 Å². The van der Waals surface area contributed by atoms with E-state index in [1.165, 1.54) is 16.7 Å². The van der Waals surface area contributed by atoms with Gasteiger partial charge in [-0.25, -0.2) is 9.98 Å². The molecule has 0 spiro atoms. The Kier molecular flexibility index (Phi) is 7.47. The van der Waals surface area contributed by atoms with Crippen LogP contribution in [0.4, 0.5) is 0 Å². The molecule has 0 N–H and O–H groups in total. The van der Waals surface area contributed by atoms with Crippen molar-refractivity contribution in [2.75, 3.05) is 0 Å². The number of benzene rings is 7. The molecule has 9 aromatic rings. The molecule has 3 heterocycles. The number of para-hydroxylation sites is 3. The van der Waals surface area contributed by atoms with Crippen molar-refractivity contribution in [2.45, 2.75) is 19.8 Å². The number of rotatable bonds is 5. The van der Waals surface area contributed by atoms with Crippen LogP contribution >= 0.6 is 0 Å². The number of furan rings is 2. The van der Waals surface area contributed by atoms with Crippen LogP contribution in [0.2, 0.25) is 0 Å². The Morgan fingerprint density at radius 2 is 1.00 bits per heavy atom. The Morgan fingerprint density at radius 1 is 0.434 bits per heavy atom. The molecule has 2 aromatic heterocycles. The summed E-state index contributed by atoms with van der Waals surface area (Å²) in [6.07, 6.45) is 1.64. The van der Waals surface area contributed by atoms with E-state index < -0.39 is 0 Å². The number of amidine groups is 1. The minimum atomic E-state index is 0.668. The largest absolute Gasteiger partial charge is 0.455 e. The lowest BCUT2D eigenvalue weighted by Gasteiger charge is -2.17. The van der Waals surface area contributed by atoms with Crippen LogP contribution in [0.3, 0.4) is 0 Å². The SMILES string of the molecule is C\C1=C(c2ccccc2)/N=C(c2cccc3oc4c(-c5cccc6c5oc5ccccc56)cccc4c23)\N=C(\c2cccc(-c3ccccc3)c2)CC1. The van der Waals surface area contributed by atoms with Crippen molar-refractivity contribution in [1.82, 2.24) is 0 Å². The highest BCUT2D eigenvalue weighted by molar-refractivity contribution is 6.24. The third-order valence-electron chi connectivity index (χ3n) is 10.4. The van der Waals surface area contributed by atoms with Gasteiger partial charge < -0.3 is 8.83 Å². The number of fused-ring (bicyclic) bond motifs is 6. The van der Waals surface area contributed by atoms with E-state index in [0.29, 0.717) is 5.84 Å². The van der Waals surface area contributed by atoms with E-state index in [9.17, 15) is 0 Å². The van der Waals surface area contributed by atoms with Crippen molar-refractivity contribution >= 4 is 61.1 Å². The lowest BCUT2D eigenvalue weighted by Crippen LogP contribution is -2.11. The first kappa shape index (κ1) is 31.0. The molecule has 53 heavy (non-hydrogen) atoms. The van der Waals surface area contributed by atoms with E-state index in [2.05, 4.69) is 140 Å². The van der Waals surface area contributed by atoms with Gasteiger partial charge in [0.15, 0.2) is 5.84 Å². The van der Waals surface area contributed by atoms with Crippen LogP contribution in [0, 0.1) is 0 Å². The molecule has 0 aliphatic carbocycles. The first-order valence-electron chi connectivity index (χ1n) is 18.1. The predicted molar refractivity (Wildman–Crippen MR) is 220 cm³/mol. The van der Waals surface area contributed by atoms with E-state index in [1.807, 2.05) is 30.3 Å². The summed E-state index contributed by atoms with van der Waals surface area (Å²) in [5.74, 6) is 0.668. The molecular weight excluding hydrogens is 649 g/mol. The zero-order chi connectivity index (χ0) is 35.3. The number of nitrogens with zero attached hydrogens (tertiary/aromatic N) is 2. The van der Waals surface area contributed by atoms with Gasteiger partial charge in [-0.05, 0) is 60.2 Å². The molecule has 4 heteroatoms. The van der Waals surface area contributed by atoms with Gasteiger partial charge in [0.2, 0.25) is 0 Å². The van der Waals surface area contributed by atoms with Crippen molar-refractivity contribution < 1.29 is 8.83 Å². The fourth-order valence-electron chi connectivity index (χ4n) is 7.79. The molecule has 0 atom stereocenters. The minimum absolute atomic E-state index is 0.668. The Labute approximate surface area is 307 Å². The molecule has 4 nitrogen and oxygen atoms in total. The number of hydrogen-bond acceptors (Lipinski definition) is 4. The summed E-state index contributed by atoms with van der Waals surface area (Å²) >= 11 is 0. The zero-order valence-electron chi connectivity index (χ0n) is 29.2. The molecule has 0 radical (unpaired) electrons. The molecule has 0 saturated carbocycles. The lowest BCUT2D eigenvalue weighted by molar-refractivity contribution is 0.665. The maximum Gasteiger partial charge on any atom is 0.160 e. The fourth-order valence-corrected chi connectivity index (χ4v) is 7.79. The molecule has 0 saturated heterocycles. The molecule has 0 unspecified atom stereocenters.